The van der Waals surface area contributed by atoms with E-state index in [2.05, 4.69) is 54.8 Å². The van der Waals surface area contributed by atoms with E-state index >= 15 is 0 Å². The van der Waals surface area contributed by atoms with Gasteiger partial charge in [-0.2, -0.15) is 0 Å². The molecule has 4 amide bonds. The van der Waals surface area contributed by atoms with Crippen LogP contribution in [0.15, 0.2) is 72.6 Å². The highest BCUT2D eigenvalue weighted by molar-refractivity contribution is 5.87. The summed E-state index contributed by atoms with van der Waals surface area (Å²) >= 11 is 0. The summed E-state index contributed by atoms with van der Waals surface area (Å²) in [5.41, 5.74) is 6.74. The van der Waals surface area contributed by atoms with Crippen LogP contribution in [0.2, 0.25) is 0 Å². The number of nitrogens with zero attached hydrogens (tertiary/aromatic N) is 4. The Morgan fingerprint density at radius 3 is 1.65 bits per heavy atom. The van der Waals surface area contributed by atoms with E-state index in [9.17, 15) is 19.2 Å². The average Bonchev–Trinajstić information content (AvgIpc) is 4.02. The Morgan fingerprint density at radius 2 is 1.16 bits per heavy atom. The number of carbonyl (C=O) groups excluding carboxylic acids is 4. The third kappa shape index (κ3) is 8.43. The lowest BCUT2D eigenvalue weighted by Gasteiger charge is -2.30. The highest BCUT2D eigenvalue weighted by Gasteiger charge is 2.38. The minimum Gasteiger partial charge on any atom is -0.453 e. The number of carbonyl (C=O) groups is 4. The standard InChI is InChI=1S/C41H50N8O6/c1-23(2)34(46-40(52)54-6)38(50)48-18-8-9-32(48)36-42-20-30(44-36)28-14-10-26(11-15-28)27-12-16-29(17-13-27)31-21-43-37(45-31)33-19-25(5)22-49(33)39(51)35(24(3)4)47-41(53)55-7/h10-17,19-21,23-24,32-35H,8-9,18,22H2,1-7H3,(H,42,44)(H,43,45)(H,46,52)(H,47,53)/t32-,33-,34-,35+/m0/s1. The van der Waals surface area contributed by atoms with E-state index < -0.39 is 30.3 Å². The first-order valence-corrected chi connectivity index (χ1v) is 18.7. The quantitative estimate of drug-likeness (QED) is 0.128. The summed E-state index contributed by atoms with van der Waals surface area (Å²) in [6.45, 7) is 10.6. The number of hydrogen-bond donors (Lipinski definition) is 4. The van der Waals surface area contributed by atoms with E-state index in [1.165, 1.54) is 14.2 Å². The number of imidazole rings is 2. The van der Waals surface area contributed by atoms with Gasteiger partial charge >= 0.3 is 12.2 Å². The molecule has 0 saturated carbocycles. The maximum atomic E-state index is 13.6. The zero-order valence-corrected chi connectivity index (χ0v) is 32.4. The number of rotatable bonds is 11. The smallest absolute Gasteiger partial charge is 0.407 e. The minimum atomic E-state index is -0.732. The van der Waals surface area contributed by atoms with Crippen LogP contribution in [0.3, 0.4) is 0 Å². The van der Waals surface area contributed by atoms with Crippen molar-refractivity contribution < 1.29 is 28.7 Å². The van der Waals surface area contributed by atoms with Gasteiger partial charge in [-0.1, -0.05) is 87.9 Å². The third-order valence-electron chi connectivity index (χ3n) is 10.3. The van der Waals surface area contributed by atoms with Crippen molar-refractivity contribution in [3.8, 4) is 33.6 Å². The average molecular weight is 751 g/mol. The van der Waals surface area contributed by atoms with E-state index in [4.69, 9.17) is 9.47 Å². The number of amides is 4. The van der Waals surface area contributed by atoms with Crippen molar-refractivity contribution in [3.05, 3.63) is 84.2 Å². The molecule has 0 unspecified atom stereocenters. The van der Waals surface area contributed by atoms with E-state index in [1.807, 2.05) is 65.0 Å². The molecule has 1 saturated heterocycles. The highest BCUT2D eigenvalue weighted by atomic mass is 16.5. The fourth-order valence-electron chi connectivity index (χ4n) is 7.26. The zero-order chi connectivity index (χ0) is 39.4. The topological polar surface area (TPSA) is 175 Å². The van der Waals surface area contributed by atoms with Gasteiger partial charge in [0.2, 0.25) is 11.8 Å². The number of likely N-dealkylation sites (tertiary alicyclic amines) is 1. The summed E-state index contributed by atoms with van der Waals surface area (Å²) in [5, 5.41) is 5.37. The second kappa shape index (κ2) is 16.6. The largest absolute Gasteiger partial charge is 0.453 e. The maximum Gasteiger partial charge on any atom is 0.407 e. The molecular formula is C41H50N8O6. The summed E-state index contributed by atoms with van der Waals surface area (Å²) < 4.78 is 9.51. The van der Waals surface area contributed by atoms with Gasteiger partial charge in [-0.3, -0.25) is 9.59 Å². The SMILES string of the molecule is COC(=O)N[C@H](C(=O)N1CCC[C@H]1c1ncc(-c2ccc(-c3ccc(-c4cnc([C@@H]5C=C(C)CN5C(=O)[C@H](NC(=O)OC)C(C)C)[nH]4)cc3)cc2)[nH]1)C(C)C. The van der Waals surface area contributed by atoms with E-state index in [0.29, 0.717) is 18.9 Å². The first-order chi connectivity index (χ1) is 26.4. The number of H-pyrrole nitrogens is 2. The van der Waals surface area contributed by atoms with Gasteiger partial charge in [0, 0.05) is 13.1 Å². The predicted molar refractivity (Wildman–Crippen MR) is 207 cm³/mol. The van der Waals surface area contributed by atoms with Gasteiger partial charge < -0.3 is 39.9 Å². The minimum absolute atomic E-state index is 0.107. The second-order valence-electron chi connectivity index (χ2n) is 14.8. The highest BCUT2D eigenvalue weighted by Crippen LogP contribution is 2.34. The van der Waals surface area contributed by atoms with Crippen molar-refractivity contribution in [2.75, 3.05) is 27.3 Å². The summed E-state index contributed by atoms with van der Waals surface area (Å²) in [6, 6.07) is 14.4. The van der Waals surface area contributed by atoms with Crippen LogP contribution in [0.25, 0.3) is 33.6 Å². The van der Waals surface area contributed by atoms with Crippen LogP contribution in [0.5, 0.6) is 0 Å². The van der Waals surface area contributed by atoms with Crippen molar-refractivity contribution in [1.29, 1.82) is 0 Å². The molecule has 14 heteroatoms. The molecular weight excluding hydrogens is 701 g/mol. The van der Waals surface area contributed by atoms with Crippen LogP contribution in [-0.2, 0) is 19.1 Å². The molecule has 2 aliphatic rings. The van der Waals surface area contributed by atoms with Gasteiger partial charge in [-0.15, -0.1) is 0 Å². The molecule has 0 bridgehead atoms. The van der Waals surface area contributed by atoms with Crippen molar-refractivity contribution in [2.45, 2.75) is 71.6 Å². The molecule has 2 aromatic heterocycles. The number of hydrogen-bond acceptors (Lipinski definition) is 8. The molecule has 0 aliphatic carbocycles. The normalized spacial score (nSPS) is 17.9. The Hall–Kier alpha value is -5.92. The molecule has 4 heterocycles. The lowest BCUT2D eigenvalue weighted by molar-refractivity contribution is -0.136. The van der Waals surface area contributed by atoms with Crippen LogP contribution in [-0.4, -0.2) is 93.1 Å². The number of alkyl carbamates (subject to hydrolysis) is 2. The third-order valence-corrected chi connectivity index (χ3v) is 10.3. The van der Waals surface area contributed by atoms with Crippen LogP contribution < -0.4 is 10.6 Å². The molecule has 1 fully saturated rings. The lowest BCUT2D eigenvalue weighted by Crippen LogP contribution is -2.51. The van der Waals surface area contributed by atoms with Crippen LogP contribution in [0.4, 0.5) is 9.59 Å². The van der Waals surface area contributed by atoms with Crippen LogP contribution in [0, 0.1) is 11.8 Å². The number of benzene rings is 2. The Morgan fingerprint density at radius 1 is 0.709 bits per heavy atom. The Kier molecular flexibility index (Phi) is 11.7. The van der Waals surface area contributed by atoms with Gasteiger partial charge in [-0.25, -0.2) is 19.6 Å². The van der Waals surface area contributed by atoms with Crippen LogP contribution in [0.1, 0.15) is 71.2 Å². The molecule has 0 spiro atoms. The van der Waals surface area contributed by atoms with Gasteiger partial charge in [0.1, 0.15) is 29.8 Å². The monoisotopic (exact) mass is 750 g/mol. The van der Waals surface area contributed by atoms with Gasteiger partial charge in [-0.05, 0) is 53.9 Å². The zero-order valence-electron chi connectivity index (χ0n) is 32.4. The molecule has 290 valence electrons. The lowest BCUT2D eigenvalue weighted by atomic mass is 10.0. The molecule has 4 N–H and O–H groups in total. The molecule has 6 rings (SSSR count). The summed E-state index contributed by atoms with van der Waals surface area (Å²) in [5.74, 6) is 0.780. The predicted octanol–water partition coefficient (Wildman–Crippen LogP) is 6.39. The molecule has 55 heavy (non-hydrogen) atoms. The number of nitrogens with one attached hydrogen (secondary N) is 4. The molecule has 4 atom stereocenters. The second-order valence-corrected chi connectivity index (χ2v) is 14.8. The molecule has 2 aliphatic heterocycles. The van der Waals surface area contributed by atoms with Crippen LogP contribution >= 0.6 is 0 Å². The fourth-order valence-corrected chi connectivity index (χ4v) is 7.26. The van der Waals surface area contributed by atoms with E-state index in [-0.39, 0.29) is 29.7 Å². The fraction of sp³-hybridized carbons (Fsp3) is 0.415. The number of ether oxygens (including phenoxy) is 2. The molecule has 4 aromatic rings. The van der Waals surface area contributed by atoms with Gasteiger partial charge in [0.05, 0.1) is 44.0 Å². The Bertz CT molecular complexity index is 2030. The van der Waals surface area contributed by atoms with E-state index in [0.717, 1.165) is 57.9 Å². The maximum absolute atomic E-state index is 13.6. The molecule has 0 radical (unpaired) electrons. The van der Waals surface area contributed by atoms with Gasteiger partial charge in [0.15, 0.2) is 0 Å². The number of aromatic nitrogens is 4. The first kappa shape index (κ1) is 38.8. The van der Waals surface area contributed by atoms with Crippen molar-refractivity contribution in [1.82, 2.24) is 40.4 Å². The van der Waals surface area contributed by atoms with E-state index in [1.54, 1.807) is 22.2 Å². The Balaban J connectivity index is 1.12. The van der Waals surface area contributed by atoms with Gasteiger partial charge in [0.25, 0.3) is 0 Å². The summed E-state index contributed by atoms with van der Waals surface area (Å²) in [7, 11) is 2.57. The Labute approximate surface area is 321 Å². The van der Waals surface area contributed by atoms with Crippen molar-refractivity contribution in [3.63, 3.8) is 0 Å². The number of aromatic amines is 2. The first-order valence-electron chi connectivity index (χ1n) is 18.7. The molecule has 14 nitrogen and oxygen atoms in total. The molecule has 2 aromatic carbocycles. The van der Waals surface area contributed by atoms with Crippen molar-refractivity contribution >= 4 is 24.0 Å². The summed E-state index contributed by atoms with van der Waals surface area (Å²) in [6.07, 6.45) is 5.95. The number of methoxy groups -OCH3 is 2. The summed E-state index contributed by atoms with van der Waals surface area (Å²) in [4.78, 5) is 70.8. The van der Waals surface area contributed by atoms with Crippen molar-refractivity contribution in [2.24, 2.45) is 11.8 Å².